The Balaban J connectivity index is 1.84. The first-order valence-corrected chi connectivity index (χ1v) is 6.39. The van der Waals surface area contributed by atoms with Crippen LogP contribution in [0.4, 0.5) is 5.82 Å². The Kier molecular flexibility index (Phi) is 3.76. The minimum absolute atomic E-state index is 0.523. The first-order valence-electron chi connectivity index (χ1n) is 5.60. The summed E-state index contributed by atoms with van der Waals surface area (Å²) < 4.78 is 0.913. The van der Waals surface area contributed by atoms with E-state index in [0.29, 0.717) is 6.04 Å². The van der Waals surface area contributed by atoms with Gasteiger partial charge in [-0.2, -0.15) is 0 Å². The van der Waals surface area contributed by atoms with Crippen LogP contribution in [0.1, 0.15) is 19.8 Å². The van der Waals surface area contributed by atoms with E-state index in [9.17, 15) is 0 Å². The zero-order valence-electron chi connectivity index (χ0n) is 9.65. The molecule has 1 aromatic rings. The summed E-state index contributed by atoms with van der Waals surface area (Å²) in [5, 5.41) is 3.34. The van der Waals surface area contributed by atoms with Crippen molar-refractivity contribution in [3.8, 4) is 0 Å². The highest BCUT2D eigenvalue weighted by Gasteiger charge is 2.28. The predicted octanol–water partition coefficient (Wildman–Crippen LogP) is 2.13. The van der Waals surface area contributed by atoms with Gasteiger partial charge in [0, 0.05) is 24.8 Å². The first-order chi connectivity index (χ1) is 7.68. The normalized spacial score (nSPS) is 17.5. The fourth-order valence-corrected chi connectivity index (χ4v) is 2.03. The summed E-state index contributed by atoms with van der Waals surface area (Å²) >= 11 is 3.42. The molecular formula is C11H17BrN4. The number of hydrogen-bond donors (Lipinski definition) is 1. The van der Waals surface area contributed by atoms with Crippen molar-refractivity contribution in [2.75, 3.05) is 18.9 Å². The van der Waals surface area contributed by atoms with Crippen LogP contribution in [0.5, 0.6) is 0 Å². The smallest absolute Gasteiger partial charge is 0.143 e. The summed E-state index contributed by atoms with van der Waals surface area (Å²) in [7, 11) is 2.19. The quantitative estimate of drug-likeness (QED) is 0.900. The van der Waals surface area contributed by atoms with Gasteiger partial charge >= 0.3 is 0 Å². The molecule has 2 rings (SSSR count). The van der Waals surface area contributed by atoms with Crippen LogP contribution in [0.25, 0.3) is 0 Å². The Morgan fingerprint density at radius 3 is 3.00 bits per heavy atom. The van der Waals surface area contributed by atoms with Gasteiger partial charge in [0.15, 0.2) is 0 Å². The molecule has 16 heavy (non-hydrogen) atoms. The van der Waals surface area contributed by atoms with Crippen molar-refractivity contribution in [1.29, 1.82) is 0 Å². The number of anilines is 1. The molecule has 0 aliphatic heterocycles. The molecule has 5 heteroatoms. The van der Waals surface area contributed by atoms with E-state index in [1.807, 2.05) is 0 Å². The predicted molar refractivity (Wildman–Crippen MR) is 68.5 cm³/mol. The van der Waals surface area contributed by atoms with Gasteiger partial charge in [0.25, 0.3) is 0 Å². The van der Waals surface area contributed by atoms with E-state index in [1.54, 1.807) is 12.5 Å². The van der Waals surface area contributed by atoms with Crippen LogP contribution < -0.4 is 5.32 Å². The molecule has 88 valence electrons. The lowest BCUT2D eigenvalue weighted by Crippen LogP contribution is -2.36. The van der Waals surface area contributed by atoms with Crippen molar-refractivity contribution in [3.63, 3.8) is 0 Å². The largest absolute Gasteiger partial charge is 0.367 e. The standard InChI is InChI=1S/C11H17BrN4/c1-8(16(2)9-3-4-9)5-14-11-10(12)6-13-7-15-11/h6-9H,3-5H2,1-2H3,(H,13,14,15). The molecule has 0 bridgehead atoms. The van der Waals surface area contributed by atoms with Crippen molar-refractivity contribution < 1.29 is 0 Å². The molecule has 1 atom stereocenters. The van der Waals surface area contributed by atoms with E-state index in [-0.39, 0.29) is 0 Å². The molecule has 0 aromatic carbocycles. The third-order valence-electron chi connectivity index (χ3n) is 3.05. The van der Waals surface area contributed by atoms with Crippen LogP contribution in [-0.2, 0) is 0 Å². The number of hydrogen-bond acceptors (Lipinski definition) is 4. The SMILES string of the molecule is CC(CNc1ncncc1Br)N(C)C1CC1. The van der Waals surface area contributed by atoms with Gasteiger partial charge in [-0.1, -0.05) is 0 Å². The number of halogens is 1. The van der Waals surface area contributed by atoms with E-state index in [4.69, 9.17) is 0 Å². The van der Waals surface area contributed by atoms with Crippen molar-refractivity contribution in [2.24, 2.45) is 0 Å². The number of nitrogens with zero attached hydrogens (tertiary/aromatic N) is 3. The van der Waals surface area contributed by atoms with Crippen LogP contribution in [0, 0.1) is 0 Å². The Hall–Kier alpha value is -0.680. The zero-order valence-corrected chi connectivity index (χ0v) is 11.2. The summed E-state index contributed by atoms with van der Waals surface area (Å²) in [5.74, 6) is 0.867. The van der Waals surface area contributed by atoms with Crippen LogP contribution in [-0.4, -0.2) is 40.5 Å². The van der Waals surface area contributed by atoms with Crippen molar-refractivity contribution in [1.82, 2.24) is 14.9 Å². The second kappa shape index (κ2) is 5.10. The van der Waals surface area contributed by atoms with Gasteiger partial charge < -0.3 is 5.32 Å². The summed E-state index contributed by atoms with van der Waals surface area (Å²) in [5.41, 5.74) is 0. The number of aromatic nitrogens is 2. The lowest BCUT2D eigenvalue weighted by Gasteiger charge is -2.24. The van der Waals surface area contributed by atoms with Crippen molar-refractivity contribution >= 4 is 21.7 Å². The molecule has 1 saturated carbocycles. The van der Waals surface area contributed by atoms with Crippen molar-refractivity contribution in [2.45, 2.75) is 31.8 Å². The number of rotatable bonds is 5. The topological polar surface area (TPSA) is 41.1 Å². The highest BCUT2D eigenvalue weighted by Crippen LogP contribution is 2.27. The Morgan fingerprint density at radius 2 is 2.38 bits per heavy atom. The van der Waals surface area contributed by atoms with E-state index >= 15 is 0 Å². The molecule has 1 unspecified atom stereocenters. The van der Waals surface area contributed by atoms with E-state index in [2.05, 4.69) is 50.1 Å². The second-order valence-corrected chi connectivity index (χ2v) is 5.20. The molecule has 4 nitrogen and oxygen atoms in total. The van der Waals surface area contributed by atoms with Crippen LogP contribution >= 0.6 is 15.9 Å². The average Bonchev–Trinajstić information content (AvgIpc) is 3.10. The summed E-state index contributed by atoms with van der Waals surface area (Å²) in [4.78, 5) is 10.6. The zero-order chi connectivity index (χ0) is 11.5. The third-order valence-corrected chi connectivity index (χ3v) is 3.63. The van der Waals surface area contributed by atoms with Gasteiger partial charge in [0.2, 0.25) is 0 Å². The Labute approximate surface area is 105 Å². The maximum Gasteiger partial charge on any atom is 0.143 e. The fourth-order valence-electron chi connectivity index (χ4n) is 1.67. The molecular weight excluding hydrogens is 268 g/mol. The molecule has 1 heterocycles. The molecule has 0 amide bonds. The molecule has 0 spiro atoms. The van der Waals surface area contributed by atoms with Gasteiger partial charge in [-0.25, -0.2) is 9.97 Å². The Bertz CT molecular complexity index is 354. The highest BCUT2D eigenvalue weighted by molar-refractivity contribution is 9.10. The monoisotopic (exact) mass is 284 g/mol. The molecule has 1 N–H and O–H groups in total. The molecule has 1 fully saturated rings. The molecule has 1 aliphatic rings. The number of nitrogens with one attached hydrogen (secondary N) is 1. The first kappa shape index (κ1) is 11.8. The molecule has 1 aliphatic carbocycles. The lowest BCUT2D eigenvalue weighted by molar-refractivity contribution is 0.257. The van der Waals surface area contributed by atoms with Crippen molar-refractivity contribution in [3.05, 3.63) is 17.0 Å². The maximum absolute atomic E-state index is 4.18. The van der Waals surface area contributed by atoms with Gasteiger partial charge in [-0.3, -0.25) is 4.90 Å². The van der Waals surface area contributed by atoms with E-state index in [1.165, 1.54) is 12.8 Å². The van der Waals surface area contributed by atoms with E-state index in [0.717, 1.165) is 22.9 Å². The average molecular weight is 285 g/mol. The van der Waals surface area contributed by atoms with Gasteiger partial charge in [0.1, 0.15) is 12.1 Å². The summed E-state index contributed by atoms with van der Waals surface area (Å²) in [6.07, 6.45) is 6.00. The maximum atomic E-state index is 4.18. The highest BCUT2D eigenvalue weighted by atomic mass is 79.9. The van der Waals surface area contributed by atoms with Gasteiger partial charge in [-0.15, -0.1) is 0 Å². The third kappa shape index (κ3) is 2.92. The van der Waals surface area contributed by atoms with Gasteiger partial charge in [0.05, 0.1) is 4.47 Å². The minimum atomic E-state index is 0.523. The number of likely N-dealkylation sites (N-methyl/N-ethyl adjacent to an activating group) is 1. The van der Waals surface area contributed by atoms with Crippen LogP contribution in [0.3, 0.4) is 0 Å². The van der Waals surface area contributed by atoms with E-state index < -0.39 is 0 Å². The molecule has 0 radical (unpaired) electrons. The summed E-state index contributed by atoms with van der Waals surface area (Å²) in [6.45, 7) is 3.14. The molecule has 1 aromatic heterocycles. The van der Waals surface area contributed by atoms with Crippen LogP contribution in [0.15, 0.2) is 17.0 Å². The lowest BCUT2D eigenvalue weighted by atomic mass is 10.3. The Morgan fingerprint density at radius 1 is 1.62 bits per heavy atom. The fraction of sp³-hybridized carbons (Fsp3) is 0.636. The molecule has 0 saturated heterocycles. The summed E-state index contributed by atoms with van der Waals surface area (Å²) in [6, 6.07) is 1.32. The van der Waals surface area contributed by atoms with Crippen LogP contribution in [0.2, 0.25) is 0 Å². The van der Waals surface area contributed by atoms with Gasteiger partial charge in [-0.05, 0) is 42.7 Å². The minimum Gasteiger partial charge on any atom is -0.367 e. The second-order valence-electron chi connectivity index (χ2n) is 4.35.